The van der Waals surface area contributed by atoms with Crippen molar-refractivity contribution in [2.75, 3.05) is 0 Å². The van der Waals surface area contributed by atoms with Crippen LogP contribution in [0.25, 0.3) is 0 Å². The van der Waals surface area contributed by atoms with Crippen LogP contribution in [0, 0.1) is 0 Å². The average Bonchev–Trinajstić information content (AvgIpc) is 2.57. The highest BCUT2D eigenvalue weighted by Crippen LogP contribution is 2.62. The molecule has 1 N–H and O–H groups in total. The summed E-state index contributed by atoms with van der Waals surface area (Å²) in [6.07, 6.45) is -12.1. The van der Waals surface area contributed by atoms with Crippen molar-refractivity contribution in [3.05, 3.63) is 0 Å². The summed E-state index contributed by atoms with van der Waals surface area (Å²) in [4.78, 5) is 8.85. The van der Waals surface area contributed by atoms with Gasteiger partial charge in [-0.2, -0.15) is 65.9 Å². The van der Waals surface area contributed by atoms with Crippen LogP contribution in [0.15, 0.2) is 0 Å². The van der Waals surface area contributed by atoms with Gasteiger partial charge in [-0.1, -0.05) is 0 Å². The van der Waals surface area contributed by atoms with E-state index < -0.39 is 87.0 Å². The van der Waals surface area contributed by atoms with E-state index in [9.17, 15) is 74.6 Å². The number of hydrogen-bond acceptors (Lipinski definition) is 1. The summed E-state index contributed by atoms with van der Waals surface area (Å²) in [6, 6.07) is 0. The Morgan fingerprint density at radius 1 is 0.548 bits per heavy atom. The molecule has 0 aliphatic rings. The molecule has 0 saturated heterocycles. The van der Waals surface area contributed by atoms with Gasteiger partial charge in [-0.25, -0.2) is 8.78 Å². The fraction of sp³-hybridized carbons (Fsp3) is 1.00. The molecule has 0 fully saturated rings. The summed E-state index contributed by atoms with van der Waals surface area (Å²) in [5.41, 5.74) is -6.43. The summed E-state index contributed by atoms with van der Waals surface area (Å²) >= 11 is 0. The van der Waals surface area contributed by atoms with Crippen LogP contribution < -0.4 is 0 Å². The summed E-state index contributed by atoms with van der Waals surface area (Å²) in [5.74, 6) is -47.0. The molecule has 0 bridgehead atoms. The van der Waals surface area contributed by atoms with Crippen molar-refractivity contribution in [2.45, 2.75) is 60.1 Å². The maximum atomic E-state index is 13.5. The van der Waals surface area contributed by atoms with E-state index in [0.717, 1.165) is 0 Å². The van der Waals surface area contributed by atoms with Crippen LogP contribution in [-0.4, -0.2) is 78.9 Å². The lowest BCUT2D eigenvalue weighted by Crippen LogP contribution is -2.75. The minimum atomic E-state index is -8.33. The first-order valence-corrected chi connectivity index (χ1v) is 17.6. The molecule has 0 aromatic heterocycles. The van der Waals surface area contributed by atoms with Crippen LogP contribution in [0.4, 0.5) is 74.6 Å². The summed E-state index contributed by atoms with van der Waals surface area (Å²) in [6.45, 7) is 0. The maximum absolute atomic E-state index is 13.5. The highest BCUT2D eigenvalue weighted by molar-refractivity contribution is 7.29. The molecule has 0 heterocycles. The smallest absolute Gasteiger partial charge is 0.389 e. The Bertz CT molecular complexity index is 630. The topological polar surface area (TPSA) is 20.2 Å². The van der Waals surface area contributed by atoms with Gasteiger partial charge in [0, 0.05) is 21.4 Å². The lowest BCUT2D eigenvalue weighted by Gasteiger charge is -2.43. The van der Waals surface area contributed by atoms with Crippen LogP contribution in [0.5, 0.6) is 0 Å². The molecule has 1 atom stereocenters. The molecular weight excluding hydrogens is 543 g/mol. The third-order valence-electron chi connectivity index (χ3n) is 3.98. The van der Waals surface area contributed by atoms with Gasteiger partial charge in [0.2, 0.25) is 8.56 Å². The van der Waals surface area contributed by atoms with Crippen molar-refractivity contribution in [1.82, 2.24) is 0 Å². The van der Waals surface area contributed by atoms with Crippen LogP contribution in [-0.2, 0) is 0 Å². The van der Waals surface area contributed by atoms with E-state index in [4.69, 9.17) is 4.80 Å². The van der Waals surface area contributed by atoms with E-state index in [-0.39, 0.29) is 0 Å². The largest absolute Gasteiger partial charge is 0.431 e. The molecule has 0 aromatic carbocycles. The second kappa shape index (κ2) is 8.33. The quantitative estimate of drug-likeness (QED) is 0.326. The van der Waals surface area contributed by atoms with Crippen LogP contribution in [0.2, 0.25) is 0 Å². The molecule has 31 heavy (non-hydrogen) atoms. The van der Waals surface area contributed by atoms with Gasteiger partial charge < -0.3 is 4.80 Å². The molecule has 0 radical (unpaired) electrons. The van der Waals surface area contributed by atoms with Gasteiger partial charge >= 0.3 is 47.3 Å². The normalized spacial score (nSPS) is 17.6. The van der Waals surface area contributed by atoms with Gasteiger partial charge in [0.15, 0.2) is 0 Å². The number of hydrogen-bond donors (Lipinski definition) is 1. The zero-order valence-corrected chi connectivity index (χ0v) is 19.1. The molecule has 0 aliphatic carbocycles. The molecule has 0 amide bonds. The molecule has 0 aromatic rings. The van der Waals surface area contributed by atoms with Crippen LogP contribution in [0.3, 0.4) is 0 Å². The Kier molecular flexibility index (Phi) is 8.17. The third kappa shape index (κ3) is 4.73. The summed E-state index contributed by atoms with van der Waals surface area (Å²) in [7, 11) is -8.30. The van der Waals surface area contributed by atoms with E-state index in [1.807, 2.05) is 0 Å². The molecule has 1 nitrogen and oxygen atoms in total. The number of rotatable bonds is 10. The van der Waals surface area contributed by atoms with Crippen molar-refractivity contribution in [3.63, 3.8) is 0 Å². The standard InChI is InChI=1S/C10H11F17OSi3/c11-3(12,1-2-4(13,14)15)5(16,17)6(18,19)7(20,21)8(22,23)9(24,25)10(26,27)31(28)30-29/h28,31H,1-2,30H2,29H3. The fourth-order valence-electron chi connectivity index (χ4n) is 1.95. The van der Waals surface area contributed by atoms with Crippen molar-refractivity contribution in [1.29, 1.82) is 0 Å². The van der Waals surface area contributed by atoms with Gasteiger partial charge in [-0.3, -0.25) is 0 Å². The van der Waals surface area contributed by atoms with Crippen molar-refractivity contribution in [3.8, 4) is 0 Å². The lowest BCUT2D eigenvalue weighted by atomic mass is 9.90. The first kappa shape index (κ1) is 30.4. The third-order valence-corrected chi connectivity index (χ3v) is 16.8. The Balaban J connectivity index is 6.49. The molecule has 0 rings (SSSR count). The molecular formula is C10H11F17OSi3. The maximum Gasteiger partial charge on any atom is 0.389 e. The van der Waals surface area contributed by atoms with Gasteiger partial charge in [0.05, 0.1) is 0 Å². The molecule has 21 heteroatoms. The summed E-state index contributed by atoms with van der Waals surface area (Å²) < 4.78 is 223. The van der Waals surface area contributed by atoms with Crippen molar-refractivity contribution in [2.24, 2.45) is 0 Å². The van der Waals surface area contributed by atoms with E-state index in [1.54, 1.807) is 0 Å². The zero-order chi connectivity index (χ0) is 25.7. The van der Waals surface area contributed by atoms with Crippen LogP contribution >= 0.6 is 0 Å². The SMILES string of the molecule is O[SiH]([SiH2][SiH3])C(F)(F)C(F)(F)C(F)(F)C(F)(F)C(F)(F)C(F)(F)C(F)(F)CCC(F)(F)F. The van der Waals surface area contributed by atoms with Gasteiger partial charge in [0.1, 0.15) is 0 Å². The lowest BCUT2D eigenvalue weighted by molar-refractivity contribution is -0.437. The van der Waals surface area contributed by atoms with E-state index in [1.165, 1.54) is 0 Å². The molecule has 0 aliphatic heterocycles. The fourth-order valence-corrected chi connectivity index (χ4v) is 9.99. The van der Waals surface area contributed by atoms with Gasteiger partial charge in [-0.05, 0) is 9.76 Å². The molecule has 1 unspecified atom stereocenters. The van der Waals surface area contributed by atoms with Gasteiger partial charge in [0.25, 0.3) is 0 Å². The van der Waals surface area contributed by atoms with Crippen molar-refractivity contribution < 1.29 is 79.4 Å². The second-order valence-corrected chi connectivity index (χ2v) is 20.9. The minimum Gasteiger partial charge on any atom is -0.431 e. The second-order valence-electron chi connectivity index (χ2n) is 6.24. The zero-order valence-electron chi connectivity index (χ0n) is 14.6. The van der Waals surface area contributed by atoms with E-state index in [0.29, 0.717) is 0 Å². The first-order valence-electron chi connectivity index (χ1n) is 7.58. The minimum absolute atomic E-state index is 0.467. The first-order chi connectivity index (χ1) is 13.2. The van der Waals surface area contributed by atoms with E-state index >= 15 is 0 Å². The Hall–Kier alpha value is -0.579. The highest BCUT2D eigenvalue weighted by atomic mass is 29.5. The van der Waals surface area contributed by atoms with Crippen LogP contribution in [0.1, 0.15) is 12.8 Å². The monoisotopic (exact) mass is 554 g/mol. The predicted molar refractivity (Wildman–Crippen MR) is 77.8 cm³/mol. The highest BCUT2D eigenvalue weighted by Gasteiger charge is 2.93. The Morgan fingerprint density at radius 3 is 1.19 bits per heavy atom. The van der Waals surface area contributed by atoms with E-state index in [2.05, 4.69) is 0 Å². The predicted octanol–water partition coefficient (Wildman–Crippen LogP) is 2.98. The van der Waals surface area contributed by atoms with Crippen molar-refractivity contribution >= 4 is 26.9 Å². The Labute approximate surface area is 167 Å². The number of halogens is 17. The Morgan fingerprint density at radius 2 is 0.871 bits per heavy atom. The molecule has 0 saturated carbocycles. The molecule has 0 spiro atoms. The summed E-state index contributed by atoms with van der Waals surface area (Å²) in [5, 5.41) is 0. The number of alkyl halides is 17. The molecule has 188 valence electrons. The van der Waals surface area contributed by atoms with Gasteiger partial charge in [-0.15, -0.1) is 0 Å². The average molecular weight is 554 g/mol.